The Bertz CT molecular complexity index is 840. The topological polar surface area (TPSA) is 46.8 Å². The molecule has 0 unspecified atom stereocenters. The Morgan fingerprint density at radius 2 is 1.95 bits per heavy atom. The first-order valence-corrected chi connectivity index (χ1v) is 6.92. The van der Waals surface area contributed by atoms with Crippen LogP contribution in [-0.2, 0) is 0 Å². The minimum Gasteiger partial charge on any atom is -0.506 e. The van der Waals surface area contributed by atoms with Crippen LogP contribution in [-0.4, -0.2) is 21.8 Å². The van der Waals surface area contributed by atoms with E-state index in [1.54, 1.807) is 23.8 Å². The summed E-state index contributed by atoms with van der Waals surface area (Å²) < 4.78 is 6.91. The molecule has 0 radical (unpaired) electrons. The molecule has 0 aliphatic rings. The smallest absolute Gasteiger partial charge is 0.143 e. The van der Waals surface area contributed by atoms with Crippen LogP contribution >= 0.6 is 11.6 Å². The van der Waals surface area contributed by atoms with Crippen LogP contribution in [0.15, 0.2) is 30.3 Å². The van der Waals surface area contributed by atoms with Gasteiger partial charge >= 0.3 is 0 Å². The minimum absolute atomic E-state index is 0.210. The molecule has 0 bridgehead atoms. The van der Waals surface area contributed by atoms with Crippen molar-refractivity contribution in [3.05, 3.63) is 46.6 Å². The number of halogens is 1. The van der Waals surface area contributed by atoms with E-state index in [0.29, 0.717) is 16.3 Å². The van der Waals surface area contributed by atoms with Crippen LogP contribution in [0.2, 0.25) is 5.02 Å². The zero-order valence-corrected chi connectivity index (χ0v) is 12.8. The van der Waals surface area contributed by atoms with E-state index >= 15 is 0 Å². The SMILES string of the molecule is COc1ccc(-c2c(C)cc3c(O)cc(C)nn23)c(Cl)c1. The third-order valence-electron chi connectivity index (χ3n) is 3.46. The number of fused-ring (bicyclic) bond motifs is 1. The molecule has 4 nitrogen and oxygen atoms in total. The second-order valence-corrected chi connectivity index (χ2v) is 5.40. The van der Waals surface area contributed by atoms with Crippen molar-refractivity contribution in [3.8, 4) is 22.8 Å². The molecule has 2 heterocycles. The van der Waals surface area contributed by atoms with E-state index in [1.807, 2.05) is 32.0 Å². The van der Waals surface area contributed by atoms with Crippen LogP contribution in [0.1, 0.15) is 11.3 Å². The fraction of sp³-hybridized carbons (Fsp3) is 0.188. The monoisotopic (exact) mass is 302 g/mol. The summed E-state index contributed by atoms with van der Waals surface area (Å²) in [7, 11) is 1.60. The third-order valence-corrected chi connectivity index (χ3v) is 3.78. The molecule has 0 fully saturated rings. The lowest BCUT2D eigenvalue weighted by Gasteiger charge is -2.09. The minimum atomic E-state index is 0.210. The van der Waals surface area contributed by atoms with Crippen molar-refractivity contribution in [1.29, 1.82) is 0 Å². The van der Waals surface area contributed by atoms with Gasteiger partial charge < -0.3 is 9.84 Å². The van der Waals surface area contributed by atoms with Gasteiger partial charge in [-0.15, -0.1) is 0 Å². The summed E-state index contributed by atoms with van der Waals surface area (Å²) in [6.45, 7) is 3.81. The van der Waals surface area contributed by atoms with Gasteiger partial charge in [-0.3, -0.25) is 0 Å². The van der Waals surface area contributed by atoms with Crippen molar-refractivity contribution in [2.75, 3.05) is 7.11 Å². The largest absolute Gasteiger partial charge is 0.506 e. The summed E-state index contributed by atoms with van der Waals surface area (Å²) >= 11 is 6.37. The van der Waals surface area contributed by atoms with E-state index in [-0.39, 0.29) is 5.75 Å². The van der Waals surface area contributed by atoms with Crippen molar-refractivity contribution >= 4 is 17.1 Å². The van der Waals surface area contributed by atoms with Crippen molar-refractivity contribution in [2.45, 2.75) is 13.8 Å². The summed E-state index contributed by atoms with van der Waals surface area (Å²) in [6, 6.07) is 9.07. The molecular formula is C16H15ClN2O2. The summed E-state index contributed by atoms with van der Waals surface area (Å²) in [5.74, 6) is 0.913. The molecule has 1 aromatic carbocycles. The van der Waals surface area contributed by atoms with Gasteiger partial charge in [-0.1, -0.05) is 11.6 Å². The van der Waals surface area contributed by atoms with Crippen molar-refractivity contribution in [2.24, 2.45) is 0 Å². The van der Waals surface area contributed by atoms with Gasteiger partial charge in [0.15, 0.2) is 0 Å². The Kier molecular flexibility index (Phi) is 3.26. The number of aromatic nitrogens is 2. The lowest BCUT2D eigenvalue weighted by atomic mass is 10.1. The molecule has 0 spiro atoms. The van der Waals surface area contributed by atoms with Gasteiger partial charge in [0.25, 0.3) is 0 Å². The zero-order valence-electron chi connectivity index (χ0n) is 12.0. The number of ether oxygens (including phenoxy) is 1. The molecule has 21 heavy (non-hydrogen) atoms. The maximum atomic E-state index is 10.1. The van der Waals surface area contributed by atoms with Crippen molar-refractivity contribution in [3.63, 3.8) is 0 Å². The molecule has 0 amide bonds. The predicted octanol–water partition coefficient (Wildman–Crippen LogP) is 3.99. The van der Waals surface area contributed by atoms with Gasteiger partial charge in [0.05, 0.1) is 23.5 Å². The average Bonchev–Trinajstić information content (AvgIpc) is 2.75. The Morgan fingerprint density at radius 1 is 1.19 bits per heavy atom. The van der Waals surface area contributed by atoms with Crippen LogP contribution in [0.25, 0.3) is 16.8 Å². The van der Waals surface area contributed by atoms with Gasteiger partial charge in [-0.25, -0.2) is 4.52 Å². The molecule has 0 saturated heterocycles. The van der Waals surface area contributed by atoms with Crippen molar-refractivity contribution in [1.82, 2.24) is 9.61 Å². The van der Waals surface area contributed by atoms with E-state index in [1.165, 1.54) is 0 Å². The molecule has 108 valence electrons. The van der Waals surface area contributed by atoms with E-state index in [0.717, 1.165) is 22.5 Å². The van der Waals surface area contributed by atoms with E-state index in [9.17, 15) is 5.11 Å². The molecule has 0 aliphatic carbocycles. The third kappa shape index (κ3) is 2.21. The number of benzene rings is 1. The molecule has 2 aromatic heterocycles. The Morgan fingerprint density at radius 3 is 2.62 bits per heavy atom. The van der Waals surface area contributed by atoms with Gasteiger partial charge in [0.2, 0.25) is 0 Å². The number of methoxy groups -OCH3 is 1. The number of hydrogen-bond donors (Lipinski definition) is 1. The lowest BCUT2D eigenvalue weighted by molar-refractivity contribution is 0.415. The van der Waals surface area contributed by atoms with E-state index in [2.05, 4.69) is 5.10 Å². The second kappa shape index (κ2) is 4.97. The highest BCUT2D eigenvalue weighted by molar-refractivity contribution is 6.33. The van der Waals surface area contributed by atoms with Crippen LogP contribution in [0.4, 0.5) is 0 Å². The standard InChI is InChI=1S/C16H15ClN2O2/c1-9-6-14-15(20)7-10(2)18-19(14)16(9)12-5-4-11(21-3)8-13(12)17/h4-8,20H,1-3H3. The highest BCUT2D eigenvalue weighted by Gasteiger charge is 2.16. The Hall–Kier alpha value is -2.20. The molecule has 1 N–H and O–H groups in total. The number of aromatic hydroxyl groups is 1. The average molecular weight is 303 g/mol. The molecule has 3 rings (SSSR count). The second-order valence-electron chi connectivity index (χ2n) is 4.99. The van der Waals surface area contributed by atoms with Gasteiger partial charge in [-0.2, -0.15) is 5.10 Å². The van der Waals surface area contributed by atoms with Crippen LogP contribution in [0.5, 0.6) is 11.5 Å². The maximum Gasteiger partial charge on any atom is 0.143 e. The number of rotatable bonds is 2. The molecular weight excluding hydrogens is 288 g/mol. The first-order chi connectivity index (χ1) is 10.0. The van der Waals surface area contributed by atoms with Gasteiger partial charge in [0.1, 0.15) is 17.0 Å². The fourth-order valence-corrected chi connectivity index (χ4v) is 2.77. The number of hydrogen-bond acceptors (Lipinski definition) is 3. The molecule has 0 aliphatic heterocycles. The molecule has 0 atom stereocenters. The van der Waals surface area contributed by atoms with Crippen LogP contribution in [0, 0.1) is 13.8 Å². The van der Waals surface area contributed by atoms with E-state index < -0.39 is 0 Å². The lowest BCUT2D eigenvalue weighted by Crippen LogP contribution is -1.97. The summed E-state index contributed by atoms with van der Waals surface area (Å²) in [4.78, 5) is 0. The van der Waals surface area contributed by atoms with Crippen LogP contribution in [0.3, 0.4) is 0 Å². The van der Waals surface area contributed by atoms with Crippen molar-refractivity contribution < 1.29 is 9.84 Å². The highest BCUT2D eigenvalue weighted by Crippen LogP contribution is 2.36. The maximum absolute atomic E-state index is 10.1. The van der Waals surface area contributed by atoms with Gasteiger partial charge in [0, 0.05) is 11.6 Å². The molecule has 5 heteroatoms. The molecule has 0 saturated carbocycles. The van der Waals surface area contributed by atoms with Gasteiger partial charge in [-0.05, 0) is 43.7 Å². The summed E-state index contributed by atoms with van der Waals surface area (Å²) in [5.41, 5.74) is 4.13. The molecule has 3 aromatic rings. The number of aryl methyl sites for hydroxylation is 2. The first-order valence-electron chi connectivity index (χ1n) is 6.54. The van der Waals surface area contributed by atoms with Crippen LogP contribution < -0.4 is 4.74 Å². The zero-order chi connectivity index (χ0) is 15.1. The Labute approximate surface area is 127 Å². The first kappa shape index (κ1) is 13.8. The summed E-state index contributed by atoms with van der Waals surface area (Å²) in [5, 5.41) is 15.1. The normalized spacial score (nSPS) is 11.0. The van der Waals surface area contributed by atoms with E-state index in [4.69, 9.17) is 16.3 Å². The highest BCUT2D eigenvalue weighted by atomic mass is 35.5. The quantitative estimate of drug-likeness (QED) is 0.778. The number of nitrogens with zero attached hydrogens (tertiary/aromatic N) is 2. The Balaban J connectivity index is 2.32. The fourth-order valence-electron chi connectivity index (χ4n) is 2.51. The summed E-state index contributed by atoms with van der Waals surface area (Å²) in [6.07, 6.45) is 0. The predicted molar refractivity (Wildman–Crippen MR) is 83.3 cm³/mol.